The van der Waals surface area contributed by atoms with Crippen LogP contribution in [0.5, 0.6) is 5.75 Å². The molecule has 3 aromatic rings. The first kappa shape index (κ1) is 26.2. The molecule has 0 spiro atoms. The SMILES string of the molecule is O=C(O)CCNC(=O)c1ccc(C[n+]2[nH]c(C3CCCCC3)cc2-c2ccc(OC(F)(F)F)cc2)cc1. The lowest BCUT2D eigenvalue weighted by Crippen LogP contribution is -2.38. The standard InChI is InChI=1S/C27H28F3N3O4/c28-27(29,30)37-22-12-10-20(11-13-22)24-16-23(19-4-2-1-3-5-19)32-33(24)17-18-6-8-21(9-7-18)26(36)31-15-14-25(34)35/h6-13,16,19H,1-5,14-15,17H2,(H2,31,34,35,36)/p+1. The molecule has 0 unspecified atom stereocenters. The van der Waals surface area contributed by atoms with Gasteiger partial charge in [-0.25, -0.2) is 0 Å². The maximum atomic E-state index is 12.6. The maximum Gasteiger partial charge on any atom is 0.573 e. The number of hydrogen-bond donors (Lipinski definition) is 3. The summed E-state index contributed by atoms with van der Waals surface area (Å²) in [4.78, 5) is 22.9. The Morgan fingerprint density at radius 3 is 2.32 bits per heavy atom. The highest BCUT2D eigenvalue weighted by atomic mass is 19.4. The predicted octanol–water partition coefficient (Wildman–Crippen LogP) is 5.17. The smallest absolute Gasteiger partial charge is 0.481 e. The van der Waals surface area contributed by atoms with Crippen molar-refractivity contribution in [3.8, 4) is 17.0 Å². The van der Waals surface area contributed by atoms with E-state index >= 15 is 0 Å². The molecule has 1 saturated carbocycles. The fourth-order valence-corrected chi connectivity index (χ4v) is 4.62. The van der Waals surface area contributed by atoms with E-state index in [1.54, 1.807) is 24.3 Å². The van der Waals surface area contributed by atoms with Gasteiger partial charge >= 0.3 is 12.3 Å². The number of nitrogens with one attached hydrogen (secondary N) is 2. The highest BCUT2D eigenvalue weighted by molar-refractivity contribution is 5.94. The third-order valence-corrected chi connectivity index (χ3v) is 6.46. The van der Waals surface area contributed by atoms with Crippen molar-refractivity contribution in [3.63, 3.8) is 0 Å². The lowest BCUT2D eigenvalue weighted by molar-refractivity contribution is -0.732. The summed E-state index contributed by atoms with van der Waals surface area (Å²) in [5, 5.41) is 14.8. The summed E-state index contributed by atoms with van der Waals surface area (Å²) >= 11 is 0. The summed E-state index contributed by atoms with van der Waals surface area (Å²) in [6, 6.07) is 14.9. The molecule has 4 rings (SSSR count). The molecule has 0 bridgehead atoms. The fourth-order valence-electron chi connectivity index (χ4n) is 4.62. The van der Waals surface area contributed by atoms with Crippen LogP contribution in [-0.4, -0.2) is 35.0 Å². The number of ether oxygens (including phenoxy) is 1. The number of aromatic amines is 1. The molecule has 7 nitrogen and oxygen atoms in total. The van der Waals surface area contributed by atoms with E-state index in [2.05, 4.69) is 21.2 Å². The molecule has 1 aliphatic rings. The number of amides is 1. The first-order valence-electron chi connectivity index (χ1n) is 12.3. The Morgan fingerprint density at radius 2 is 1.70 bits per heavy atom. The quantitative estimate of drug-likeness (QED) is 0.342. The van der Waals surface area contributed by atoms with E-state index in [1.165, 1.54) is 31.4 Å². The molecule has 1 fully saturated rings. The molecule has 37 heavy (non-hydrogen) atoms. The second-order valence-corrected chi connectivity index (χ2v) is 9.19. The van der Waals surface area contributed by atoms with Gasteiger partial charge in [0.2, 0.25) is 5.69 Å². The molecule has 0 saturated heterocycles. The van der Waals surface area contributed by atoms with Crippen LogP contribution in [0.1, 0.15) is 66.1 Å². The molecular formula is C27H29F3N3O4+. The van der Waals surface area contributed by atoms with E-state index < -0.39 is 12.3 Å². The highest BCUT2D eigenvalue weighted by Crippen LogP contribution is 2.33. The zero-order valence-electron chi connectivity index (χ0n) is 20.2. The van der Waals surface area contributed by atoms with Gasteiger partial charge in [-0.2, -0.15) is 5.10 Å². The molecule has 0 radical (unpaired) electrons. The van der Waals surface area contributed by atoms with Crippen molar-refractivity contribution in [1.29, 1.82) is 0 Å². The molecule has 0 atom stereocenters. The van der Waals surface area contributed by atoms with Crippen LogP contribution < -0.4 is 14.7 Å². The number of halogens is 3. The second-order valence-electron chi connectivity index (χ2n) is 9.19. The van der Waals surface area contributed by atoms with Crippen molar-refractivity contribution in [2.24, 2.45) is 0 Å². The molecular weight excluding hydrogens is 487 g/mol. The first-order valence-corrected chi connectivity index (χ1v) is 12.3. The van der Waals surface area contributed by atoms with Crippen molar-refractivity contribution in [2.75, 3.05) is 6.54 Å². The first-order chi connectivity index (χ1) is 17.7. The van der Waals surface area contributed by atoms with Gasteiger partial charge < -0.3 is 15.2 Å². The van der Waals surface area contributed by atoms with Gasteiger partial charge in [0.25, 0.3) is 5.91 Å². The van der Waals surface area contributed by atoms with E-state index in [-0.39, 0.29) is 24.6 Å². The van der Waals surface area contributed by atoms with Gasteiger partial charge in [-0.05, 0) is 49.2 Å². The number of alkyl halides is 3. The summed E-state index contributed by atoms with van der Waals surface area (Å²) in [7, 11) is 0. The Labute approximate surface area is 212 Å². The molecule has 3 N–H and O–H groups in total. The van der Waals surface area contributed by atoms with Crippen molar-refractivity contribution in [1.82, 2.24) is 10.4 Å². The topological polar surface area (TPSA) is 95.3 Å². The lowest BCUT2D eigenvalue weighted by Gasteiger charge is -2.18. The van der Waals surface area contributed by atoms with E-state index in [0.29, 0.717) is 18.0 Å². The average molecular weight is 517 g/mol. The highest BCUT2D eigenvalue weighted by Gasteiger charge is 2.31. The summed E-state index contributed by atoms with van der Waals surface area (Å²) in [5.74, 6) is -1.20. The monoisotopic (exact) mass is 516 g/mol. The lowest BCUT2D eigenvalue weighted by atomic mass is 9.87. The number of hydrogen-bond acceptors (Lipinski definition) is 3. The molecule has 1 amide bonds. The number of carbonyl (C=O) groups excluding carboxylic acids is 1. The minimum absolute atomic E-state index is 0.0499. The summed E-state index contributed by atoms with van der Waals surface area (Å²) in [6.07, 6.45) is 0.831. The number of benzene rings is 2. The second kappa shape index (κ2) is 11.5. The Kier molecular flexibility index (Phi) is 8.15. The third-order valence-electron chi connectivity index (χ3n) is 6.46. The molecule has 1 aliphatic carbocycles. The van der Waals surface area contributed by atoms with Crippen LogP contribution in [0.2, 0.25) is 0 Å². The number of aliphatic carboxylic acids is 1. The van der Waals surface area contributed by atoms with Gasteiger partial charge in [-0.3, -0.25) is 9.59 Å². The van der Waals surface area contributed by atoms with E-state index in [9.17, 15) is 22.8 Å². The van der Waals surface area contributed by atoms with Crippen LogP contribution in [0.4, 0.5) is 13.2 Å². The van der Waals surface area contributed by atoms with Crippen LogP contribution in [0.15, 0.2) is 54.6 Å². The molecule has 2 aromatic carbocycles. The maximum absolute atomic E-state index is 12.6. The zero-order chi connectivity index (χ0) is 26.4. The largest absolute Gasteiger partial charge is 0.573 e. The number of H-pyrrole nitrogens is 1. The van der Waals surface area contributed by atoms with Gasteiger partial charge in [0.1, 0.15) is 5.75 Å². The fraction of sp³-hybridized carbons (Fsp3) is 0.370. The van der Waals surface area contributed by atoms with Crippen molar-refractivity contribution in [3.05, 3.63) is 71.4 Å². The van der Waals surface area contributed by atoms with Gasteiger partial charge in [-0.15, -0.1) is 17.9 Å². The van der Waals surface area contributed by atoms with E-state index in [1.807, 2.05) is 16.8 Å². The van der Waals surface area contributed by atoms with Crippen molar-refractivity contribution >= 4 is 11.9 Å². The third kappa shape index (κ3) is 7.34. The average Bonchev–Trinajstić information content (AvgIpc) is 3.28. The molecule has 10 heteroatoms. The van der Waals surface area contributed by atoms with Gasteiger partial charge in [0, 0.05) is 35.2 Å². The van der Waals surface area contributed by atoms with E-state index in [4.69, 9.17) is 5.11 Å². The van der Waals surface area contributed by atoms with E-state index in [0.717, 1.165) is 35.4 Å². The summed E-state index contributed by atoms with van der Waals surface area (Å²) in [6.45, 7) is 0.512. The van der Waals surface area contributed by atoms with Crippen LogP contribution in [0, 0.1) is 0 Å². The Morgan fingerprint density at radius 1 is 1.03 bits per heavy atom. The molecule has 196 valence electrons. The minimum atomic E-state index is -4.75. The number of aromatic nitrogens is 2. The number of rotatable bonds is 9. The summed E-state index contributed by atoms with van der Waals surface area (Å²) < 4.78 is 43.7. The molecule has 1 heterocycles. The predicted molar refractivity (Wildman–Crippen MR) is 129 cm³/mol. The van der Waals surface area contributed by atoms with Crippen LogP contribution >= 0.6 is 0 Å². The number of carbonyl (C=O) groups is 2. The minimum Gasteiger partial charge on any atom is -0.481 e. The Hall–Kier alpha value is -3.82. The van der Waals surface area contributed by atoms with Gasteiger partial charge in [-0.1, -0.05) is 31.4 Å². The zero-order valence-corrected chi connectivity index (χ0v) is 20.2. The normalized spacial score (nSPS) is 14.4. The number of carboxylic acid groups (broad SMARTS) is 1. The van der Waals surface area contributed by atoms with Crippen LogP contribution in [0.3, 0.4) is 0 Å². The molecule has 1 aromatic heterocycles. The Balaban J connectivity index is 1.54. The van der Waals surface area contributed by atoms with Gasteiger partial charge in [0.15, 0.2) is 6.54 Å². The Bertz CT molecular complexity index is 1220. The van der Waals surface area contributed by atoms with Gasteiger partial charge in [0.05, 0.1) is 12.1 Å². The van der Waals surface area contributed by atoms with Crippen LogP contribution in [-0.2, 0) is 11.3 Å². The van der Waals surface area contributed by atoms with Crippen molar-refractivity contribution < 1.29 is 37.3 Å². The number of carboxylic acids is 1. The van der Waals surface area contributed by atoms with Crippen LogP contribution in [0.25, 0.3) is 11.3 Å². The molecule has 0 aliphatic heterocycles. The van der Waals surface area contributed by atoms with Crippen molar-refractivity contribution in [2.45, 2.75) is 57.3 Å². The summed E-state index contributed by atoms with van der Waals surface area (Å²) in [5.41, 5.74) is 4.04. The number of nitrogens with zero attached hydrogens (tertiary/aromatic N) is 1.